The highest BCUT2D eigenvalue weighted by molar-refractivity contribution is 6.51. The van der Waals surface area contributed by atoms with E-state index in [0.29, 0.717) is 21.8 Å². The first-order valence-electron chi connectivity index (χ1n) is 9.16. The van der Waals surface area contributed by atoms with E-state index in [9.17, 15) is 14.7 Å². The van der Waals surface area contributed by atoms with Gasteiger partial charge in [0.15, 0.2) is 0 Å². The molecular weight excluding hydrogens is 386 g/mol. The van der Waals surface area contributed by atoms with Gasteiger partial charge in [0, 0.05) is 16.3 Å². The van der Waals surface area contributed by atoms with Crippen molar-refractivity contribution in [1.82, 2.24) is 0 Å². The molecule has 1 N–H and O–H groups in total. The van der Waals surface area contributed by atoms with Crippen LogP contribution in [-0.2, 0) is 9.59 Å². The minimum absolute atomic E-state index is 0.0593. The minimum atomic E-state index is -0.754. The Morgan fingerprint density at radius 1 is 0.897 bits per heavy atom. The molecule has 0 saturated carbocycles. The highest BCUT2D eigenvalue weighted by atomic mass is 35.5. The van der Waals surface area contributed by atoms with Crippen LogP contribution in [0, 0.1) is 6.92 Å². The number of carbonyl (C=O) groups is 2. The number of halogens is 1. The summed E-state index contributed by atoms with van der Waals surface area (Å²) in [6, 6.07) is 22.3. The van der Waals surface area contributed by atoms with Crippen molar-refractivity contribution in [3.8, 4) is 0 Å². The Balaban J connectivity index is 1.94. The highest BCUT2D eigenvalue weighted by Crippen LogP contribution is 2.42. The van der Waals surface area contributed by atoms with Crippen molar-refractivity contribution < 1.29 is 14.7 Å². The Bertz CT molecular complexity index is 1100. The molecule has 1 saturated heterocycles. The number of hydrogen-bond donors (Lipinski definition) is 1. The number of rotatable bonds is 3. The SMILES string of the molecule is Cc1ccc(N2C(=O)C(=O)/C(=C(\O)c3ccccc3)C2c2ccc(Cl)cc2)cc1. The van der Waals surface area contributed by atoms with Crippen molar-refractivity contribution in [3.05, 3.63) is 106 Å². The van der Waals surface area contributed by atoms with Crippen molar-refractivity contribution >= 4 is 34.7 Å². The zero-order valence-corrected chi connectivity index (χ0v) is 16.4. The molecule has 0 spiro atoms. The number of Topliss-reactive ketones (excluding diaryl/α,β-unsaturated/α-hetero) is 1. The van der Waals surface area contributed by atoms with Gasteiger partial charge in [-0.25, -0.2) is 0 Å². The third-order valence-corrected chi connectivity index (χ3v) is 5.24. The van der Waals surface area contributed by atoms with Crippen molar-refractivity contribution in [2.24, 2.45) is 0 Å². The van der Waals surface area contributed by atoms with Crippen LogP contribution in [0.3, 0.4) is 0 Å². The van der Waals surface area contributed by atoms with Gasteiger partial charge in [0.2, 0.25) is 0 Å². The second kappa shape index (κ2) is 7.57. The maximum absolute atomic E-state index is 13.0. The van der Waals surface area contributed by atoms with Gasteiger partial charge in [-0.15, -0.1) is 0 Å². The van der Waals surface area contributed by atoms with E-state index >= 15 is 0 Å². The number of aliphatic hydroxyl groups is 1. The Morgan fingerprint density at radius 3 is 2.14 bits per heavy atom. The molecule has 1 aliphatic rings. The van der Waals surface area contributed by atoms with Gasteiger partial charge >= 0.3 is 0 Å². The Morgan fingerprint density at radius 2 is 1.52 bits per heavy atom. The number of benzene rings is 3. The zero-order valence-electron chi connectivity index (χ0n) is 15.7. The van der Waals surface area contributed by atoms with E-state index in [2.05, 4.69) is 0 Å². The second-order valence-corrected chi connectivity index (χ2v) is 7.36. The lowest BCUT2D eigenvalue weighted by Crippen LogP contribution is -2.29. The molecule has 1 aliphatic heterocycles. The van der Waals surface area contributed by atoms with E-state index in [1.165, 1.54) is 4.90 Å². The highest BCUT2D eigenvalue weighted by Gasteiger charge is 2.46. The molecule has 1 heterocycles. The molecule has 144 valence electrons. The lowest BCUT2D eigenvalue weighted by molar-refractivity contribution is -0.132. The van der Waals surface area contributed by atoms with E-state index in [4.69, 9.17) is 11.6 Å². The number of ketones is 1. The first kappa shape index (κ1) is 19.0. The molecule has 0 bridgehead atoms. The second-order valence-electron chi connectivity index (χ2n) is 6.92. The number of anilines is 1. The van der Waals surface area contributed by atoms with E-state index in [0.717, 1.165) is 5.56 Å². The average molecular weight is 404 g/mol. The van der Waals surface area contributed by atoms with Crippen molar-refractivity contribution in [1.29, 1.82) is 0 Å². The van der Waals surface area contributed by atoms with E-state index in [1.807, 2.05) is 25.1 Å². The smallest absolute Gasteiger partial charge is 0.300 e. The predicted octanol–water partition coefficient (Wildman–Crippen LogP) is 5.27. The van der Waals surface area contributed by atoms with Crippen molar-refractivity contribution in [2.75, 3.05) is 4.90 Å². The van der Waals surface area contributed by atoms with Crippen LogP contribution < -0.4 is 4.90 Å². The summed E-state index contributed by atoms with van der Waals surface area (Å²) in [4.78, 5) is 27.4. The molecule has 1 atom stereocenters. The Kier molecular flexibility index (Phi) is 4.95. The monoisotopic (exact) mass is 403 g/mol. The largest absolute Gasteiger partial charge is 0.507 e. The summed E-state index contributed by atoms with van der Waals surface area (Å²) in [6.45, 7) is 1.95. The fraction of sp³-hybridized carbons (Fsp3) is 0.0833. The molecule has 1 amide bonds. The summed E-state index contributed by atoms with van der Waals surface area (Å²) in [5, 5.41) is 11.5. The van der Waals surface area contributed by atoms with E-state index in [-0.39, 0.29) is 11.3 Å². The van der Waals surface area contributed by atoms with Crippen molar-refractivity contribution in [2.45, 2.75) is 13.0 Å². The molecule has 29 heavy (non-hydrogen) atoms. The standard InChI is InChI=1S/C24H18ClNO3/c1-15-7-13-19(14-8-15)26-21(16-9-11-18(25)12-10-16)20(23(28)24(26)29)22(27)17-5-3-2-4-6-17/h2-14,21,27H,1H3/b22-20-. The summed E-state index contributed by atoms with van der Waals surface area (Å²) in [6.07, 6.45) is 0. The van der Waals surface area contributed by atoms with Gasteiger partial charge in [0.25, 0.3) is 11.7 Å². The number of aryl methyl sites for hydroxylation is 1. The van der Waals surface area contributed by atoms with Gasteiger partial charge in [0.1, 0.15) is 5.76 Å². The van der Waals surface area contributed by atoms with E-state index < -0.39 is 17.7 Å². The van der Waals surface area contributed by atoms with Gasteiger partial charge in [-0.3, -0.25) is 14.5 Å². The topological polar surface area (TPSA) is 57.6 Å². The summed E-state index contributed by atoms with van der Waals surface area (Å²) in [5.41, 5.74) is 2.85. The third-order valence-electron chi connectivity index (χ3n) is 4.99. The van der Waals surface area contributed by atoms with Crippen LogP contribution in [0.1, 0.15) is 22.7 Å². The summed E-state index contributed by atoms with van der Waals surface area (Å²) in [7, 11) is 0. The van der Waals surface area contributed by atoms with Crippen LogP contribution in [0.5, 0.6) is 0 Å². The van der Waals surface area contributed by atoms with Gasteiger partial charge in [-0.05, 0) is 36.8 Å². The van der Waals surface area contributed by atoms with Gasteiger partial charge in [-0.2, -0.15) is 0 Å². The summed E-state index contributed by atoms with van der Waals surface area (Å²) >= 11 is 6.03. The Labute approximate surface area is 173 Å². The number of aliphatic hydroxyl groups excluding tert-OH is 1. The molecule has 1 unspecified atom stereocenters. The molecular formula is C24H18ClNO3. The van der Waals surface area contributed by atoms with Crippen LogP contribution in [0.2, 0.25) is 5.02 Å². The molecule has 3 aromatic carbocycles. The molecule has 0 aromatic heterocycles. The lowest BCUT2D eigenvalue weighted by atomic mass is 9.95. The molecule has 0 radical (unpaired) electrons. The molecule has 1 fully saturated rings. The van der Waals surface area contributed by atoms with Crippen LogP contribution in [-0.4, -0.2) is 16.8 Å². The van der Waals surface area contributed by atoms with Crippen LogP contribution in [0.15, 0.2) is 84.4 Å². The maximum Gasteiger partial charge on any atom is 0.300 e. The van der Waals surface area contributed by atoms with Gasteiger partial charge < -0.3 is 5.11 Å². The average Bonchev–Trinajstić information content (AvgIpc) is 3.00. The summed E-state index contributed by atoms with van der Waals surface area (Å²) in [5.74, 6) is -1.59. The first-order valence-corrected chi connectivity index (χ1v) is 9.53. The number of hydrogen-bond acceptors (Lipinski definition) is 3. The first-order chi connectivity index (χ1) is 14.0. The quantitative estimate of drug-likeness (QED) is 0.368. The van der Waals surface area contributed by atoms with Crippen LogP contribution >= 0.6 is 11.6 Å². The minimum Gasteiger partial charge on any atom is -0.507 e. The van der Waals surface area contributed by atoms with Gasteiger partial charge in [-0.1, -0.05) is 71.8 Å². The predicted molar refractivity (Wildman–Crippen MR) is 114 cm³/mol. The molecule has 4 rings (SSSR count). The van der Waals surface area contributed by atoms with Gasteiger partial charge in [0.05, 0.1) is 11.6 Å². The number of amides is 1. The fourth-order valence-corrected chi connectivity index (χ4v) is 3.64. The van der Waals surface area contributed by atoms with Crippen LogP contribution in [0.4, 0.5) is 5.69 Å². The van der Waals surface area contributed by atoms with Crippen LogP contribution in [0.25, 0.3) is 5.76 Å². The normalized spacial score (nSPS) is 18.3. The maximum atomic E-state index is 13.0. The van der Waals surface area contributed by atoms with Crippen molar-refractivity contribution in [3.63, 3.8) is 0 Å². The Hall–Kier alpha value is -3.37. The number of carbonyl (C=O) groups excluding carboxylic acids is 2. The summed E-state index contributed by atoms with van der Waals surface area (Å²) < 4.78 is 0. The zero-order chi connectivity index (χ0) is 20.5. The molecule has 3 aromatic rings. The number of nitrogens with zero attached hydrogens (tertiary/aromatic N) is 1. The molecule has 4 nitrogen and oxygen atoms in total. The molecule has 0 aliphatic carbocycles. The fourth-order valence-electron chi connectivity index (χ4n) is 3.52. The molecule has 5 heteroatoms. The lowest BCUT2D eigenvalue weighted by Gasteiger charge is -2.25. The van der Waals surface area contributed by atoms with E-state index in [1.54, 1.807) is 60.7 Å². The third kappa shape index (κ3) is 3.43.